The van der Waals surface area contributed by atoms with E-state index in [1.807, 2.05) is 0 Å². The third-order valence-corrected chi connectivity index (χ3v) is 3.75. The SMILES string of the molecule is CC(=O)CCC(=O)C[C@H]1Cc2cc(O)cc(C(=O)O)c2OB1O. The van der Waals surface area contributed by atoms with E-state index in [0.717, 1.165) is 6.07 Å². The van der Waals surface area contributed by atoms with E-state index in [0.29, 0.717) is 5.56 Å². The zero-order chi connectivity index (χ0) is 17.1. The van der Waals surface area contributed by atoms with Crippen LogP contribution in [0.4, 0.5) is 0 Å². The summed E-state index contributed by atoms with van der Waals surface area (Å²) in [6, 6.07) is 2.41. The van der Waals surface area contributed by atoms with Gasteiger partial charge >= 0.3 is 13.1 Å². The minimum Gasteiger partial charge on any atom is -0.535 e. The first-order valence-electron chi connectivity index (χ1n) is 7.23. The fraction of sp³-hybridized carbons (Fsp3) is 0.400. The lowest BCUT2D eigenvalue weighted by Crippen LogP contribution is -2.35. The van der Waals surface area contributed by atoms with E-state index >= 15 is 0 Å². The van der Waals surface area contributed by atoms with Crippen molar-refractivity contribution in [2.45, 2.75) is 38.4 Å². The Morgan fingerprint density at radius 2 is 2.00 bits per heavy atom. The van der Waals surface area contributed by atoms with Gasteiger partial charge in [-0.2, -0.15) is 0 Å². The number of carboxylic acid groups (broad SMARTS) is 1. The summed E-state index contributed by atoms with van der Waals surface area (Å²) >= 11 is 0. The quantitative estimate of drug-likeness (QED) is 0.673. The first-order valence-corrected chi connectivity index (χ1v) is 7.23. The highest BCUT2D eigenvalue weighted by Crippen LogP contribution is 2.38. The summed E-state index contributed by atoms with van der Waals surface area (Å²) in [5.74, 6) is -2.29. The predicted molar refractivity (Wildman–Crippen MR) is 80.7 cm³/mol. The monoisotopic (exact) mass is 320 g/mol. The number of carboxylic acids is 1. The molecule has 122 valence electrons. The number of ketones is 2. The molecule has 0 saturated carbocycles. The zero-order valence-corrected chi connectivity index (χ0v) is 12.6. The molecule has 1 atom stereocenters. The van der Waals surface area contributed by atoms with Gasteiger partial charge in [0.1, 0.15) is 28.6 Å². The Labute approximate surface area is 133 Å². The molecular weight excluding hydrogens is 303 g/mol. The van der Waals surface area contributed by atoms with Crippen molar-refractivity contribution >= 4 is 24.7 Å². The molecule has 2 rings (SSSR count). The zero-order valence-electron chi connectivity index (χ0n) is 12.6. The van der Waals surface area contributed by atoms with Crippen LogP contribution in [0.3, 0.4) is 0 Å². The van der Waals surface area contributed by atoms with Crippen LogP contribution >= 0.6 is 0 Å². The molecule has 8 heteroatoms. The van der Waals surface area contributed by atoms with Crippen LogP contribution < -0.4 is 4.65 Å². The third kappa shape index (κ3) is 4.10. The van der Waals surface area contributed by atoms with E-state index in [4.69, 9.17) is 9.76 Å². The number of phenolic OH excluding ortho intramolecular Hbond substituents is 1. The van der Waals surface area contributed by atoms with E-state index in [1.54, 1.807) is 0 Å². The number of carbonyl (C=O) groups excluding carboxylic acids is 2. The molecule has 7 nitrogen and oxygen atoms in total. The summed E-state index contributed by atoms with van der Waals surface area (Å²) in [6.45, 7) is 1.40. The summed E-state index contributed by atoms with van der Waals surface area (Å²) in [7, 11) is -1.31. The highest BCUT2D eigenvalue weighted by molar-refractivity contribution is 6.47. The minimum atomic E-state index is -1.31. The number of phenols is 1. The van der Waals surface area contributed by atoms with Gasteiger partial charge in [0.05, 0.1) is 0 Å². The first kappa shape index (κ1) is 17.0. The second-order valence-electron chi connectivity index (χ2n) is 5.70. The van der Waals surface area contributed by atoms with Crippen LogP contribution in [0.2, 0.25) is 5.82 Å². The van der Waals surface area contributed by atoms with Gasteiger partial charge < -0.3 is 24.7 Å². The number of aromatic hydroxyl groups is 1. The molecule has 0 amide bonds. The number of benzene rings is 1. The molecule has 1 aliphatic heterocycles. The second-order valence-corrected chi connectivity index (χ2v) is 5.70. The van der Waals surface area contributed by atoms with Crippen LogP contribution in [0.1, 0.15) is 42.1 Å². The van der Waals surface area contributed by atoms with Crippen molar-refractivity contribution < 1.29 is 34.3 Å². The minimum absolute atomic E-state index is 0.00948. The topological polar surface area (TPSA) is 121 Å². The lowest BCUT2D eigenvalue weighted by atomic mass is 9.64. The average Bonchev–Trinajstić information content (AvgIpc) is 2.45. The lowest BCUT2D eigenvalue weighted by molar-refractivity contribution is -0.123. The van der Waals surface area contributed by atoms with Crippen LogP contribution in [-0.2, 0) is 16.0 Å². The molecule has 0 aliphatic carbocycles. The number of aromatic carboxylic acids is 1. The van der Waals surface area contributed by atoms with Gasteiger partial charge in [-0.3, -0.25) is 4.79 Å². The molecular formula is C15H17BO7. The van der Waals surface area contributed by atoms with E-state index in [1.165, 1.54) is 13.0 Å². The van der Waals surface area contributed by atoms with Crippen molar-refractivity contribution in [1.82, 2.24) is 0 Å². The molecule has 1 heterocycles. The van der Waals surface area contributed by atoms with Gasteiger partial charge in [-0.15, -0.1) is 0 Å². The highest BCUT2D eigenvalue weighted by Gasteiger charge is 2.38. The van der Waals surface area contributed by atoms with E-state index in [-0.39, 0.29) is 54.3 Å². The first-order chi connectivity index (χ1) is 10.8. The molecule has 0 unspecified atom stereocenters. The van der Waals surface area contributed by atoms with Gasteiger partial charge in [0.15, 0.2) is 0 Å². The Balaban J connectivity index is 2.16. The fourth-order valence-corrected chi connectivity index (χ4v) is 2.60. The van der Waals surface area contributed by atoms with E-state index < -0.39 is 18.9 Å². The van der Waals surface area contributed by atoms with Crippen LogP contribution in [0.5, 0.6) is 11.5 Å². The van der Waals surface area contributed by atoms with Crippen LogP contribution in [0, 0.1) is 0 Å². The normalized spacial score (nSPS) is 16.4. The Kier molecular flexibility index (Phi) is 5.05. The van der Waals surface area contributed by atoms with Gasteiger partial charge in [0.2, 0.25) is 0 Å². The van der Waals surface area contributed by atoms with Crippen molar-refractivity contribution in [2.75, 3.05) is 0 Å². The van der Waals surface area contributed by atoms with Crippen molar-refractivity contribution in [3.63, 3.8) is 0 Å². The number of hydrogen-bond donors (Lipinski definition) is 3. The molecule has 0 saturated heterocycles. The van der Waals surface area contributed by atoms with Gasteiger partial charge in [-0.05, 0) is 31.0 Å². The Morgan fingerprint density at radius 1 is 1.30 bits per heavy atom. The van der Waals surface area contributed by atoms with E-state index in [2.05, 4.69) is 0 Å². The molecule has 1 aromatic rings. The predicted octanol–water partition coefficient (Wildman–Crippen LogP) is 1.20. The number of carbonyl (C=O) groups is 3. The Bertz CT molecular complexity index is 655. The molecule has 0 bridgehead atoms. The summed E-state index contributed by atoms with van der Waals surface area (Å²) in [5, 5.41) is 28.8. The molecule has 1 aliphatic rings. The van der Waals surface area contributed by atoms with Crippen molar-refractivity contribution in [1.29, 1.82) is 0 Å². The maximum atomic E-state index is 11.9. The average molecular weight is 320 g/mol. The largest absolute Gasteiger partial charge is 0.535 e. The molecule has 0 fully saturated rings. The maximum Gasteiger partial charge on any atom is 0.526 e. The number of Topliss-reactive ketones (excluding diaryl/α,β-unsaturated/α-hetero) is 2. The Hall–Kier alpha value is -2.35. The summed E-state index contributed by atoms with van der Waals surface area (Å²) in [4.78, 5) is 33.9. The van der Waals surface area contributed by atoms with Crippen LogP contribution in [0.25, 0.3) is 0 Å². The molecule has 23 heavy (non-hydrogen) atoms. The maximum absolute atomic E-state index is 11.9. The van der Waals surface area contributed by atoms with Gasteiger partial charge in [0.25, 0.3) is 0 Å². The van der Waals surface area contributed by atoms with Crippen LogP contribution in [0.15, 0.2) is 12.1 Å². The Morgan fingerprint density at radius 3 is 2.61 bits per heavy atom. The molecule has 0 aromatic heterocycles. The van der Waals surface area contributed by atoms with Crippen LogP contribution in [-0.4, -0.2) is 39.9 Å². The molecule has 0 radical (unpaired) electrons. The summed E-state index contributed by atoms with van der Waals surface area (Å²) in [6.07, 6.45) is 0.484. The van der Waals surface area contributed by atoms with Gasteiger partial charge in [0, 0.05) is 25.1 Å². The summed E-state index contributed by atoms with van der Waals surface area (Å²) in [5.41, 5.74) is 0.192. The summed E-state index contributed by atoms with van der Waals surface area (Å²) < 4.78 is 5.26. The number of fused-ring (bicyclic) bond motifs is 1. The van der Waals surface area contributed by atoms with Crippen molar-refractivity contribution in [2.24, 2.45) is 0 Å². The molecule has 0 spiro atoms. The molecule has 1 aromatic carbocycles. The molecule has 3 N–H and O–H groups in total. The smallest absolute Gasteiger partial charge is 0.526 e. The highest BCUT2D eigenvalue weighted by atomic mass is 16.5. The van der Waals surface area contributed by atoms with E-state index in [9.17, 15) is 24.5 Å². The number of hydrogen-bond acceptors (Lipinski definition) is 6. The lowest BCUT2D eigenvalue weighted by Gasteiger charge is -2.28. The second kappa shape index (κ2) is 6.83. The van der Waals surface area contributed by atoms with Crippen molar-refractivity contribution in [3.05, 3.63) is 23.3 Å². The van der Waals surface area contributed by atoms with Crippen molar-refractivity contribution in [3.8, 4) is 11.5 Å². The third-order valence-electron chi connectivity index (χ3n) is 3.75. The standard InChI is InChI=1S/C15H17BO7/c1-8(17)2-3-11(18)6-10-4-9-5-12(19)7-13(15(20)21)14(9)23-16(10)22/h5,7,10,19,22H,2-4,6H2,1H3,(H,20,21)/t10-/m1/s1. The van der Waals surface area contributed by atoms with Gasteiger partial charge in [-0.1, -0.05) is 0 Å². The fourth-order valence-electron chi connectivity index (χ4n) is 2.60. The number of rotatable bonds is 6. The van der Waals surface area contributed by atoms with Gasteiger partial charge in [-0.25, -0.2) is 4.79 Å².